The van der Waals surface area contributed by atoms with E-state index in [1.807, 2.05) is 0 Å². The monoisotopic (exact) mass is 420 g/mol. The van der Waals surface area contributed by atoms with Crippen molar-refractivity contribution in [1.82, 2.24) is 19.6 Å². The molecule has 0 spiro atoms. The SMILES string of the molecule is Cc1nc(C2CCCCCC2)n2nc(-c3ccccc3S(=O)(=O)Cl)[nH]c(=O)c12. The van der Waals surface area contributed by atoms with Gasteiger partial charge in [-0.25, -0.2) is 17.9 Å². The number of aromatic nitrogens is 4. The first-order valence-corrected chi connectivity index (χ1v) is 11.7. The minimum atomic E-state index is -3.99. The summed E-state index contributed by atoms with van der Waals surface area (Å²) >= 11 is 0. The number of H-pyrrole nitrogens is 1. The number of halogens is 1. The molecule has 0 bridgehead atoms. The first-order valence-electron chi connectivity index (χ1n) is 9.40. The van der Waals surface area contributed by atoms with Gasteiger partial charge in [0, 0.05) is 22.2 Å². The van der Waals surface area contributed by atoms with Crippen molar-refractivity contribution in [2.24, 2.45) is 0 Å². The van der Waals surface area contributed by atoms with Gasteiger partial charge in [-0.2, -0.15) is 0 Å². The number of hydrogen-bond donors (Lipinski definition) is 1. The van der Waals surface area contributed by atoms with E-state index >= 15 is 0 Å². The zero-order valence-corrected chi connectivity index (χ0v) is 17.1. The Hall–Kier alpha value is -2.19. The number of nitrogens with one attached hydrogen (secondary N) is 1. The summed E-state index contributed by atoms with van der Waals surface area (Å²) in [4.78, 5) is 20.0. The van der Waals surface area contributed by atoms with Crippen molar-refractivity contribution < 1.29 is 8.42 Å². The topological polar surface area (TPSA) is 97.2 Å². The van der Waals surface area contributed by atoms with Gasteiger partial charge in [-0.3, -0.25) is 4.79 Å². The number of nitrogens with zero attached hydrogens (tertiary/aromatic N) is 3. The third kappa shape index (κ3) is 3.46. The summed E-state index contributed by atoms with van der Waals surface area (Å²) in [5, 5.41) is 4.58. The Balaban J connectivity index is 1.94. The van der Waals surface area contributed by atoms with E-state index in [-0.39, 0.29) is 27.8 Å². The Morgan fingerprint density at radius 3 is 2.50 bits per heavy atom. The molecule has 0 saturated heterocycles. The summed E-state index contributed by atoms with van der Waals surface area (Å²) in [6.07, 6.45) is 6.69. The number of aromatic amines is 1. The standard InChI is InChI=1S/C19H21ClN4O3S/c1-12-16-19(25)22-17(14-10-6-7-11-15(14)28(20,26)27)23-24(16)18(21-12)13-8-4-2-3-5-9-13/h6-7,10-11,13H,2-5,8-9H2,1H3,(H,22,23,25). The normalized spacial score (nSPS) is 16.4. The molecule has 148 valence electrons. The molecular weight excluding hydrogens is 400 g/mol. The fourth-order valence-corrected chi connectivity index (χ4v) is 5.06. The van der Waals surface area contributed by atoms with Gasteiger partial charge in [0.05, 0.1) is 10.6 Å². The lowest BCUT2D eigenvalue weighted by Crippen LogP contribution is -2.17. The van der Waals surface area contributed by atoms with Crippen LogP contribution >= 0.6 is 10.7 Å². The maximum absolute atomic E-state index is 12.8. The van der Waals surface area contributed by atoms with E-state index in [1.165, 1.54) is 18.9 Å². The summed E-state index contributed by atoms with van der Waals surface area (Å²) in [7, 11) is 1.59. The smallest absolute Gasteiger partial charge is 0.277 e. The first-order chi connectivity index (χ1) is 13.4. The highest BCUT2D eigenvalue weighted by atomic mass is 35.7. The van der Waals surface area contributed by atoms with E-state index in [9.17, 15) is 13.2 Å². The van der Waals surface area contributed by atoms with Crippen LogP contribution in [0.15, 0.2) is 34.0 Å². The molecule has 0 atom stereocenters. The number of aryl methyl sites for hydroxylation is 1. The minimum Gasteiger partial charge on any atom is -0.303 e. The van der Waals surface area contributed by atoms with E-state index < -0.39 is 9.05 Å². The van der Waals surface area contributed by atoms with Gasteiger partial charge in [-0.1, -0.05) is 37.8 Å². The molecule has 1 N–H and O–H groups in total. The summed E-state index contributed by atoms with van der Waals surface area (Å²) < 4.78 is 25.5. The van der Waals surface area contributed by atoms with E-state index in [4.69, 9.17) is 10.7 Å². The quantitative estimate of drug-likeness (QED) is 0.514. The predicted octanol–water partition coefficient (Wildman–Crippen LogP) is 3.76. The lowest BCUT2D eigenvalue weighted by atomic mass is 10.00. The molecule has 4 rings (SSSR count). The van der Waals surface area contributed by atoms with Gasteiger partial charge in [0.1, 0.15) is 5.82 Å². The van der Waals surface area contributed by atoms with Crippen molar-refractivity contribution in [2.75, 3.05) is 0 Å². The highest BCUT2D eigenvalue weighted by Crippen LogP contribution is 2.32. The predicted molar refractivity (Wildman–Crippen MR) is 107 cm³/mol. The number of imidazole rings is 1. The molecular formula is C19H21ClN4O3S. The average Bonchev–Trinajstić information content (AvgIpc) is 2.83. The number of fused-ring (bicyclic) bond motifs is 1. The van der Waals surface area contributed by atoms with Crippen LogP contribution in [0.3, 0.4) is 0 Å². The molecule has 7 nitrogen and oxygen atoms in total. The van der Waals surface area contributed by atoms with Crippen LogP contribution in [-0.2, 0) is 9.05 Å². The summed E-state index contributed by atoms with van der Waals surface area (Å²) in [5.74, 6) is 1.16. The third-order valence-electron chi connectivity index (χ3n) is 5.33. The zero-order valence-electron chi connectivity index (χ0n) is 15.5. The molecule has 9 heteroatoms. The van der Waals surface area contributed by atoms with Crippen LogP contribution in [0.5, 0.6) is 0 Å². The highest BCUT2D eigenvalue weighted by molar-refractivity contribution is 8.13. The molecule has 0 unspecified atom stereocenters. The first kappa shape index (κ1) is 19.1. The zero-order chi connectivity index (χ0) is 19.9. The molecule has 1 aliphatic rings. The van der Waals surface area contributed by atoms with Crippen molar-refractivity contribution in [2.45, 2.75) is 56.3 Å². The average molecular weight is 421 g/mol. The molecule has 2 heterocycles. The van der Waals surface area contributed by atoms with Crippen molar-refractivity contribution in [3.05, 3.63) is 46.1 Å². The second-order valence-corrected chi connectivity index (χ2v) is 9.78. The van der Waals surface area contributed by atoms with Gasteiger partial charge in [-0.15, -0.1) is 5.10 Å². The lowest BCUT2D eigenvalue weighted by molar-refractivity contribution is 0.547. The fraction of sp³-hybridized carbons (Fsp3) is 0.421. The largest absolute Gasteiger partial charge is 0.303 e. The number of rotatable bonds is 3. The Kier molecular flexibility index (Phi) is 5.01. The Labute approximate surface area is 167 Å². The van der Waals surface area contributed by atoms with Gasteiger partial charge >= 0.3 is 0 Å². The van der Waals surface area contributed by atoms with Crippen molar-refractivity contribution in [3.8, 4) is 11.4 Å². The Bertz CT molecular complexity index is 1190. The lowest BCUT2D eigenvalue weighted by Gasteiger charge is -2.13. The van der Waals surface area contributed by atoms with Crippen LogP contribution < -0.4 is 5.56 Å². The van der Waals surface area contributed by atoms with E-state index in [2.05, 4.69) is 15.1 Å². The fourth-order valence-electron chi connectivity index (χ4n) is 3.99. The molecule has 3 aromatic rings. The Morgan fingerprint density at radius 1 is 1.14 bits per heavy atom. The molecule has 1 fully saturated rings. The molecule has 0 radical (unpaired) electrons. The molecule has 1 aromatic carbocycles. The van der Waals surface area contributed by atoms with Gasteiger partial charge in [0.15, 0.2) is 11.3 Å². The molecule has 1 saturated carbocycles. The molecule has 2 aromatic heterocycles. The highest BCUT2D eigenvalue weighted by Gasteiger charge is 2.24. The van der Waals surface area contributed by atoms with Crippen LogP contribution in [0.25, 0.3) is 16.9 Å². The van der Waals surface area contributed by atoms with Crippen molar-refractivity contribution in [1.29, 1.82) is 0 Å². The van der Waals surface area contributed by atoms with Gasteiger partial charge in [0.25, 0.3) is 14.6 Å². The summed E-state index contributed by atoms with van der Waals surface area (Å²) in [6.45, 7) is 1.79. The van der Waals surface area contributed by atoms with Crippen LogP contribution in [-0.4, -0.2) is 28.0 Å². The molecule has 28 heavy (non-hydrogen) atoms. The molecule has 1 aliphatic carbocycles. The van der Waals surface area contributed by atoms with Crippen LogP contribution in [0.2, 0.25) is 0 Å². The second kappa shape index (κ2) is 7.33. The van der Waals surface area contributed by atoms with Crippen molar-refractivity contribution >= 4 is 25.2 Å². The van der Waals surface area contributed by atoms with E-state index in [0.717, 1.165) is 31.5 Å². The van der Waals surface area contributed by atoms with E-state index in [0.29, 0.717) is 11.2 Å². The van der Waals surface area contributed by atoms with Gasteiger partial charge < -0.3 is 4.98 Å². The molecule has 0 amide bonds. The number of benzene rings is 1. The molecule has 0 aliphatic heterocycles. The minimum absolute atomic E-state index is 0.0907. The maximum atomic E-state index is 12.8. The third-order valence-corrected chi connectivity index (χ3v) is 6.71. The van der Waals surface area contributed by atoms with Crippen molar-refractivity contribution in [3.63, 3.8) is 0 Å². The van der Waals surface area contributed by atoms with Crippen LogP contribution in [0.4, 0.5) is 0 Å². The van der Waals surface area contributed by atoms with Gasteiger partial charge in [-0.05, 0) is 31.9 Å². The summed E-state index contributed by atoms with van der Waals surface area (Å²) in [5.41, 5.74) is 0.929. The van der Waals surface area contributed by atoms with Crippen LogP contribution in [0.1, 0.15) is 56.0 Å². The van der Waals surface area contributed by atoms with Gasteiger partial charge in [0.2, 0.25) is 0 Å². The Morgan fingerprint density at radius 2 is 1.82 bits per heavy atom. The van der Waals surface area contributed by atoms with Crippen LogP contribution in [0, 0.1) is 6.92 Å². The summed E-state index contributed by atoms with van der Waals surface area (Å²) in [6, 6.07) is 6.23. The maximum Gasteiger partial charge on any atom is 0.277 e. The number of hydrogen-bond acceptors (Lipinski definition) is 5. The second-order valence-electron chi connectivity index (χ2n) is 7.24. The van der Waals surface area contributed by atoms with E-state index in [1.54, 1.807) is 29.6 Å².